The van der Waals surface area contributed by atoms with Crippen LogP contribution >= 0.6 is 0 Å². The lowest BCUT2D eigenvalue weighted by molar-refractivity contribution is -0.180. The summed E-state index contributed by atoms with van der Waals surface area (Å²) in [6, 6.07) is 5.44. The molecule has 1 aliphatic rings. The number of nitrogens with one attached hydrogen (secondary N) is 1. The van der Waals surface area contributed by atoms with E-state index in [-0.39, 0.29) is 12.5 Å². The monoisotopic (exact) mass is 236 g/mol. The summed E-state index contributed by atoms with van der Waals surface area (Å²) in [7, 11) is 0. The third-order valence-electron chi connectivity index (χ3n) is 2.46. The third-order valence-corrected chi connectivity index (χ3v) is 2.46. The summed E-state index contributed by atoms with van der Waals surface area (Å²) in [4.78, 5) is 11.2. The van der Waals surface area contributed by atoms with Gasteiger partial charge in [0.05, 0.1) is 13.2 Å². The first-order valence-electron chi connectivity index (χ1n) is 5.46. The average Bonchev–Trinajstić information content (AvgIpc) is 2.28. The van der Waals surface area contributed by atoms with Crippen LogP contribution < -0.4 is 15.8 Å². The highest BCUT2D eigenvalue weighted by molar-refractivity contribution is 5.92. The number of benzene rings is 1. The minimum atomic E-state index is -0.602. The lowest BCUT2D eigenvalue weighted by atomic mass is 10.1. The number of anilines is 1. The molecular weight excluding hydrogens is 220 g/mol. The van der Waals surface area contributed by atoms with Gasteiger partial charge in [0.25, 0.3) is 0 Å². The number of ether oxygens (including phenoxy) is 2. The molecule has 3 N–H and O–H groups in total. The molecule has 0 fully saturated rings. The highest BCUT2D eigenvalue weighted by atomic mass is 16.7. The zero-order chi connectivity index (χ0) is 12.5. The van der Waals surface area contributed by atoms with Gasteiger partial charge in [0.2, 0.25) is 11.7 Å². The molecule has 17 heavy (non-hydrogen) atoms. The van der Waals surface area contributed by atoms with Gasteiger partial charge < -0.3 is 20.5 Å². The maximum atomic E-state index is 11.2. The predicted octanol–water partition coefficient (Wildman–Crippen LogP) is 1.23. The van der Waals surface area contributed by atoms with Crippen molar-refractivity contribution in [3.8, 4) is 5.75 Å². The number of carbonyl (C=O) groups excluding carboxylic acids is 1. The Morgan fingerprint density at radius 2 is 2.29 bits per heavy atom. The maximum Gasteiger partial charge on any atom is 0.238 e. The Labute approximate surface area is 99.9 Å². The van der Waals surface area contributed by atoms with E-state index in [1.807, 2.05) is 26.0 Å². The van der Waals surface area contributed by atoms with E-state index in [1.165, 1.54) is 0 Å². The molecule has 0 atom stereocenters. The quantitative estimate of drug-likeness (QED) is 0.810. The van der Waals surface area contributed by atoms with Crippen LogP contribution in [0, 0.1) is 0 Å². The van der Waals surface area contributed by atoms with Gasteiger partial charge in [0.15, 0.2) is 0 Å². The molecule has 0 aliphatic carbocycles. The molecule has 0 bridgehead atoms. The molecule has 92 valence electrons. The molecule has 1 aromatic carbocycles. The first kappa shape index (κ1) is 11.9. The normalized spacial score (nSPS) is 16.9. The van der Waals surface area contributed by atoms with Crippen molar-refractivity contribution in [2.24, 2.45) is 5.73 Å². The van der Waals surface area contributed by atoms with Crippen LogP contribution in [0.4, 0.5) is 5.69 Å². The van der Waals surface area contributed by atoms with E-state index in [0.717, 1.165) is 11.3 Å². The first-order chi connectivity index (χ1) is 8.00. The zero-order valence-electron chi connectivity index (χ0n) is 9.95. The van der Waals surface area contributed by atoms with Crippen molar-refractivity contribution >= 4 is 11.6 Å². The Morgan fingerprint density at radius 1 is 1.53 bits per heavy atom. The standard InChI is InChI=1S/C12H16N2O3/c1-12(2)16-7-8-5-9(14-11(15)6-13)3-4-10(8)17-12/h3-5H,6-7,13H2,1-2H3,(H,14,15). The van der Waals surface area contributed by atoms with Crippen LogP contribution in [0.2, 0.25) is 0 Å². The Morgan fingerprint density at radius 3 is 3.00 bits per heavy atom. The van der Waals surface area contributed by atoms with E-state index in [2.05, 4.69) is 5.32 Å². The molecule has 2 rings (SSSR count). The van der Waals surface area contributed by atoms with Gasteiger partial charge in [0.1, 0.15) is 5.75 Å². The molecule has 5 nitrogen and oxygen atoms in total. The van der Waals surface area contributed by atoms with Crippen molar-refractivity contribution in [1.29, 1.82) is 0 Å². The van der Waals surface area contributed by atoms with Crippen molar-refractivity contribution in [2.45, 2.75) is 26.2 Å². The Hall–Kier alpha value is -1.59. The second-order valence-electron chi connectivity index (χ2n) is 4.37. The van der Waals surface area contributed by atoms with Crippen molar-refractivity contribution in [2.75, 3.05) is 11.9 Å². The van der Waals surface area contributed by atoms with Crippen LogP contribution in [0.3, 0.4) is 0 Å². The number of fused-ring (bicyclic) bond motifs is 1. The lowest BCUT2D eigenvalue weighted by Gasteiger charge is -2.32. The Balaban J connectivity index is 2.18. The van der Waals surface area contributed by atoms with Crippen LogP contribution in [-0.2, 0) is 16.1 Å². The Kier molecular flexibility index (Phi) is 3.04. The second kappa shape index (κ2) is 4.35. The molecule has 0 saturated heterocycles. The van der Waals surface area contributed by atoms with Gasteiger partial charge in [-0.2, -0.15) is 0 Å². The summed E-state index contributed by atoms with van der Waals surface area (Å²) >= 11 is 0. The van der Waals surface area contributed by atoms with Gasteiger partial charge in [-0.15, -0.1) is 0 Å². The highest BCUT2D eigenvalue weighted by Gasteiger charge is 2.27. The summed E-state index contributed by atoms with van der Waals surface area (Å²) in [5.74, 6) is -0.0374. The third kappa shape index (κ3) is 2.75. The van der Waals surface area contributed by atoms with Crippen LogP contribution in [0.1, 0.15) is 19.4 Å². The molecule has 0 saturated carbocycles. The van der Waals surface area contributed by atoms with Gasteiger partial charge in [0, 0.05) is 25.1 Å². The summed E-state index contributed by atoms with van der Waals surface area (Å²) in [5, 5.41) is 2.69. The summed E-state index contributed by atoms with van der Waals surface area (Å²) in [5.41, 5.74) is 6.85. The van der Waals surface area contributed by atoms with Crippen molar-refractivity contribution in [1.82, 2.24) is 0 Å². The number of amides is 1. The second-order valence-corrected chi connectivity index (χ2v) is 4.37. The van der Waals surface area contributed by atoms with Gasteiger partial charge in [-0.05, 0) is 18.2 Å². The van der Waals surface area contributed by atoms with Gasteiger partial charge >= 0.3 is 0 Å². The minimum Gasteiger partial charge on any atom is -0.463 e. The van der Waals surface area contributed by atoms with E-state index < -0.39 is 5.79 Å². The van der Waals surface area contributed by atoms with Crippen LogP contribution in [-0.4, -0.2) is 18.2 Å². The van der Waals surface area contributed by atoms with E-state index in [1.54, 1.807) is 6.07 Å². The van der Waals surface area contributed by atoms with Gasteiger partial charge in [-0.25, -0.2) is 0 Å². The summed E-state index contributed by atoms with van der Waals surface area (Å²) in [6.07, 6.45) is 0. The molecule has 0 spiro atoms. The molecule has 1 amide bonds. The molecule has 1 heterocycles. The number of nitrogens with two attached hydrogens (primary N) is 1. The summed E-state index contributed by atoms with van der Waals surface area (Å²) < 4.78 is 11.2. The molecule has 5 heteroatoms. The smallest absolute Gasteiger partial charge is 0.238 e. The zero-order valence-corrected chi connectivity index (χ0v) is 9.95. The van der Waals surface area contributed by atoms with Gasteiger partial charge in [-0.3, -0.25) is 4.79 Å². The molecule has 0 unspecified atom stereocenters. The first-order valence-corrected chi connectivity index (χ1v) is 5.46. The SMILES string of the molecule is CC1(C)OCc2cc(NC(=O)CN)ccc2O1. The predicted molar refractivity (Wildman–Crippen MR) is 63.6 cm³/mol. The highest BCUT2D eigenvalue weighted by Crippen LogP contribution is 2.32. The number of hydrogen-bond acceptors (Lipinski definition) is 4. The van der Waals surface area contributed by atoms with Crippen molar-refractivity contribution < 1.29 is 14.3 Å². The fourth-order valence-corrected chi connectivity index (χ4v) is 1.63. The fraction of sp³-hybridized carbons (Fsp3) is 0.417. The van der Waals surface area contributed by atoms with E-state index in [0.29, 0.717) is 12.3 Å². The van der Waals surface area contributed by atoms with Gasteiger partial charge in [-0.1, -0.05) is 0 Å². The van der Waals surface area contributed by atoms with E-state index >= 15 is 0 Å². The molecule has 0 aromatic heterocycles. The van der Waals surface area contributed by atoms with Crippen molar-refractivity contribution in [3.63, 3.8) is 0 Å². The molecular formula is C12H16N2O3. The number of rotatable bonds is 2. The van der Waals surface area contributed by atoms with Crippen LogP contribution in [0.15, 0.2) is 18.2 Å². The molecule has 0 radical (unpaired) electrons. The summed E-state index contributed by atoms with van der Waals surface area (Å²) in [6.45, 7) is 4.16. The average molecular weight is 236 g/mol. The lowest BCUT2D eigenvalue weighted by Crippen LogP contribution is -2.35. The van der Waals surface area contributed by atoms with Crippen LogP contribution in [0.5, 0.6) is 5.75 Å². The van der Waals surface area contributed by atoms with Crippen LogP contribution in [0.25, 0.3) is 0 Å². The molecule has 1 aromatic rings. The number of hydrogen-bond donors (Lipinski definition) is 2. The van der Waals surface area contributed by atoms with Crippen molar-refractivity contribution in [3.05, 3.63) is 23.8 Å². The maximum absolute atomic E-state index is 11.2. The largest absolute Gasteiger partial charge is 0.463 e. The topological polar surface area (TPSA) is 73.6 Å². The minimum absolute atomic E-state index is 0.0306. The number of carbonyl (C=O) groups is 1. The van der Waals surface area contributed by atoms with E-state index in [9.17, 15) is 4.79 Å². The molecule has 1 aliphatic heterocycles. The fourth-order valence-electron chi connectivity index (χ4n) is 1.63. The Bertz CT molecular complexity index is 443. The van der Waals surface area contributed by atoms with E-state index in [4.69, 9.17) is 15.2 Å².